The number of benzene rings is 1. The minimum atomic E-state index is -3.91. The van der Waals surface area contributed by atoms with E-state index >= 15 is 0 Å². The third kappa shape index (κ3) is 2.23. The summed E-state index contributed by atoms with van der Waals surface area (Å²) in [4.78, 5) is -0.00527. The van der Waals surface area contributed by atoms with Crippen LogP contribution in [0.5, 0.6) is 11.6 Å². The van der Waals surface area contributed by atoms with Gasteiger partial charge < -0.3 is 9.47 Å². The summed E-state index contributed by atoms with van der Waals surface area (Å²) in [6.07, 6.45) is 2.06. The Hall–Kier alpha value is -2.29. The van der Waals surface area contributed by atoms with E-state index in [1.165, 1.54) is 23.0 Å². The molecule has 2 aromatic rings. The third-order valence-corrected chi connectivity index (χ3v) is 5.62. The van der Waals surface area contributed by atoms with Gasteiger partial charge in [-0.1, -0.05) is 0 Å². The standard InChI is InChI=1S/C14H14FN3O4S/c15-10-2-3-12-11(8-10)18(5-7-21-12)23(19,20)13-9-16-17-4-1-6-22-14(13)17/h2-3,8-9H,1,4-7H2. The first-order valence-corrected chi connectivity index (χ1v) is 8.65. The summed E-state index contributed by atoms with van der Waals surface area (Å²) in [6.45, 7) is 1.35. The van der Waals surface area contributed by atoms with Crippen molar-refractivity contribution in [3.8, 4) is 11.6 Å². The number of halogens is 1. The third-order valence-electron chi connectivity index (χ3n) is 3.82. The zero-order valence-electron chi connectivity index (χ0n) is 12.1. The average Bonchev–Trinajstić information content (AvgIpc) is 2.99. The Balaban J connectivity index is 1.82. The lowest BCUT2D eigenvalue weighted by Crippen LogP contribution is -2.38. The first-order chi connectivity index (χ1) is 11.1. The van der Waals surface area contributed by atoms with Crippen LogP contribution in [-0.4, -0.2) is 38.0 Å². The van der Waals surface area contributed by atoms with E-state index in [1.807, 2.05) is 0 Å². The molecule has 0 saturated heterocycles. The van der Waals surface area contributed by atoms with Crippen molar-refractivity contribution >= 4 is 15.7 Å². The van der Waals surface area contributed by atoms with Crippen LogP contribution in [0.25, 0.3) is 0 Å². The highest BCUT2D eigenvalue weighted by atomic mass is 32.2. The number of sulfonamides is 1. The van der Waals surface area contributed by atoms with Crippen LogP contribution in [0, 0.1) is 5.82 Å². The van der Waals surface area contributed by atoms with E-state index in [-0.39, 0.29) is 29.6 Å². The molecule has 0 radical (unpaired) electrons. The summed E-state index contributed by atoms with van der Waals surface area (Å²) in [5, 5.41) is 4.07. The van der Waals surface area contributed by atoms with E-state index in [1.54, 1.807) is 0 Å². The van der Waals surface area contributed by atoms with Gasteiger partial charge in [-0.25, -0.2) is 17.5 Å². The van der Waals surface area contributed by atoms with Gasteiger partial charge in [0.2, 0.25) is 5.88 Å². The topological polar surface area (TPSA) is 73.7 Å². The van der Waals surface area contributed by atoms with Crippen LogP contribution in [0.1, 0.15) is 6.42 Å². The van der Waals surface area contributed by atoms with Gasteiger partial charge >= 0.3 is 0 Å². The molecule has 2 aliphatic heterocycles. The molecule has 23 heavy (non-hydrogen) atoms. The number of ether oxygens (including phenoxy) is 2. The summed E-state index contributed by atoms with van der Waals surface area (Å²) in [5.74, 6) is 0.0478. The second-order valence-corrected chi connectivity index (χ2v) is 7.11. The maximum atomic E-state index is 13.6. The fourth-order valence-electron chi connectivity index (χ4n) is 2.76. The quantitative estimate of drug-likeness (QED) is 0.827. The van der Waals surface area contributed by atoms with Crippen LogP contribution in [0.15, 0.2) is 29.3 Å². The molecule has 0 aliphatic carbocycles. The number of hydrogen-bond acceptors (Lipinski definition) is 5. The molecule has 0 unspecified atom stereocenters. The first kappa shape index (κ1) is 14.3. The summed E-state index contributed by atoms with van der Waals surface area (Å²) in [5.41, 5.74) is 0.187. The van der Waals surface area contributed by atoms with Gasteiger partial charge in [0.1, 0.15) is 18.2 Å². The number of fused-ring (bicyclic) bond motifs is 2. The lowest BCUT2D eigenvalue weighted by Gasteiger charge is -2.30. The van der Waals surface area contributed by atoms with Gasteiger partial charge in [-0.15, -0.1) is 0 Å². The Bertz CT molecular complexity index is 865. The summed E-state index contributed by atoms with van der Waals surface area (Å²) in [7, 11) is -3.91. The molecule has 0 saturated carbocycles. The molecule has 1 aromatic carbocycles. The van der Waals surface area contributed by atoms with Crippen molar-refractivity contribution in [3.05, 3.63) is 30.2 Å². The van der Waals surface area contributed by atoms with Crippen LogP contribution < -0.4 is 13.8 Å². The minimum Gasteiger partial charge on any atom is -0.489 e. The van der Waals surface area contributed by atoms with Crippen LogP contribution in [0.2, 0.25) is 0 Å². The predicted octanol–water partition coefficient (Wildman–Crippen LogP) is 1.39. The highest BCUT2D eigenvalue weighted by Crippen LogP contribution is 2.38. The molecule has 0 fully saturated rings. The van der Waals surface area contributed by atoms with Gasteiger partial charge in [0, 0.05) is 19.0 Å². The molecule has 9 heteroatoms. The Kier molecular flexibility index (Phi) is 3.19. The fraction of sp³-hybridized carbons (Fsp3) is 0.357. The van der Waals surface area contributed by atoms with Crippen molar-refractivity contribution < 1.29 is 22.3 Å². The van der Waals surface area contributed by atoms with Gasteiger partial charge in [-0.05, 0) is 12.1 Å². The Morgan fingerprint density at radius 2 is 2.04 bits per heavy atom. The second kappa shape index (κ2) is 5.12. The molecular weight excluding hydrogens is 325 g/mol. The van der Waals surface area contributed by atoms with Crippen LogP contribution in [-0.2, 0) is 16.6 Å². The highest BCUT2D eigenvalue weighted by Gasteiger charge is 2.35. The first-order valence-electron chi connectivity index (χ1n) is 7.21. The summed E-state index contributed by atoms with van der Waals surface area (Å²) in [6, 6.07) is 3.82. The smallest absolute Gasteiger partial charge is 0.271 e. The maximum Gasteiger partial charge on any atom is 0.271 e. The number of hydrogen-bond donors (Lipinski definition) is 0. The number of nitrogens with zero attached hydrogens (tertiary/aromatic N) is 3. The van der Waals surface area contributed by atoms with Crippen molar-refractivity contribution in [2.45, 2.75) is 17.9 Å². The molecule has 0 amide bonds. The van der Waals surface area contributed by atoms with Crippen molar-refractivity contribution in [1.82, 2.24) is 9.78 Å². The van der Waals surface area contributed by atoms with Gasteiger partial charge in [0.15, 0.2) is 4.90 Å². The zero-order valence-corrected chi connectivity index (χ0v) is 12.9. The van der Waals surface area contributed by atoms with Crippen LogP contribution >= 0.6 is 0 Å². The van der Waals surface area contributed by atoms with Crippen molar-refractivity contribution in [1.29, 1.82) is 0 Å². The molecule has 2 aliphatic rings. The predicted molar refractivity (Wildman–Crippen MR) is 78.8 cm³/mol. The van der Waals surface area contributed by atoms with Gasteiger partial charge in [-0.2, -0.15) is 5.10 Å². The van der Waals surface area contributed by atoms with Gasteiger partial charge in [0.25, 0.3) is 10.0 Å². The molecule has 0 spiro atoms. The lowest BCUT2D eigenvalue weighted by atomic mass is 10.2. The lowest BCUT2D eigenvalue weighted by molar-refractivity contribution is 0.224. The van der Waals surface area contributed by atoms with Crippen LogP contribution in [0.4, 0.5) is 10.1 Å². The zero-order chi connectivity index (χ0) is 16.0. The normalized spacial score (nSPS) is 17.0. The number of aryl methyl sites for hydroxylation is 1. The second-order valence-electron chi connectivity index (χ2n) is 5.28. The van der Waals surface area contributed by atoms with Gasteiger partial charge in [0.05, 0.1) is 25.0 Å². The SMILES string of the molecule is O=S(=O)(c1cnn2c1OCCC2)N1CCOc2ccc(F)cc21. The minimum absolute atomic E-state index is 0.00527. The average molecular weight is 339 g/mol. The van der Waals surface area contributed by atoms with Crippen molar-refractivity contribution in [2.75, 3.05) is 24.1 Å². The Morgan fingerprint density at radius 1 is 1.17 bits per heavy atom. The summed E-state index contributed by atoms with van der Waals surface area (Å²) < 4.78 is 53.1. The molecule has 0 bridgehead atoms. The fourth-order valence-corrected chi connectivity index (χ4v) is 4.28. The molecule has 1 aromatic heterocycles. The van der Waals surface area contributed by atoms with E-state index in [2.05, 4.69) is 5.10 Å². The molecule has 7 nitrogen and oxygen atoms in total. The van der Waals surface area contributed by atoms with E-state index in [4.69, 9.17) is 9.47 Å². The molecule has 3 heterocycles. The van der Waals surface area contributed by atoms with Crippen LogP contribution in [0.3, 0.4) is 0 Å². The van der Waals surface area contributed by atoms with E-state index < -0.39 is 15.8 Å². The molecular formula is C14H14FN3O4S. The monoisotopic (exact) mass is 339 g/mol. The van der Waals surface area contributed by atoms with E-state index in [0.29, 0.717) is 18.9 Å². The number of aromatic nitrogens is 2. The highest BCUT2D eigenvalue weighted by molar-refractivity contribution is 7.93. The Morgan fingerprint density at radius 3 is 2.91 bits per heavy atom. The van der Waals surface area contributed by atoms with E-state index in [9.17, 15) is 12.8 Å². The maximum absolute atomic E-state index is 13.6. The number of rotatable bonds is 2. The van der Waals surface area contributed by atoms with Crippen molar-refractivity contribution in [2.24, 2.45) is 0 Å². The Labute approximate surface area is 132 Å². The van der Waals surface area contributed by atoms with E-state index in [0.717, 1.165) is 16.8 Å². The van der Waals surface area contributed by atoms with Gasteiger partial charge in [-0.3, -0.25) is 4.31 Å². The van der Waals surface area contributed by atoms with Crippen molar-refractivity contribution in [3.63, 3.8) is 0 Å². The molecule has 0 N–H and O–H groups in total. The largest absolute Gasteiger partial charge is 0.489 e. The molecule has 122 valence electrons. The molecule has 4 rings (SSSR count). The number of anilines is 1. The summed E-state index contributed by atoms with van der Waals surface area (Å²) >= 11 is 0. The molecule has 0 atom stereocenters.